The first-order valence-corrected chi connectivity index (χ1v) is 14.5. The number of nitrogens with zero attached hydrogens (tertiary/aromatic N) is 2. The summed E-state index contributed by atoms with van der Waals surface area (Å²) in [6.07, 6.45) is 2.48. The molecule has 0 spiro atoms. The normalized spacial score (nSPS) is 12.3. The second-order valence-electron chi connectivity index (χ2n) is 8.95. The first-order chi connectivity index (χ1) is 16.4. The van der Waals surface area contributed by atoms with Gasteiger partial charge in [0.1, 0.15) is 6.04 Å². The van der Waals surface area contributed by atoms with Crippen LogP contribution in [0, 0.1) is 0 Å². The summed E-state index contributed by atoms with van der Waals surface area (Å²) in [5.41, 5.74) is 2.59. The molecule has 0 saturated heterocycles. The molecule has 0 aliphatic heterocycles. The van der Waals surface area contributed by atoms with Crippen LogP contribution in [0.15, 0.2) is 53.0 Å². The Balaban J connectivity index is 2.16. The fraction of sp³-hybridized carbons (Fsp3) is 0.462. The van der Waals surface area contributed by atoms with Gasteiger partial charge in [-0.25, -0.2) is 8.42 Å². The predicted octanol–water partition coefficient (Wildman–Crippen LogP) is 4.50. The highest BCUT2D eigenvalue weighted by Crippen LogP contribution is 2.21. The topological polar surface area (TPSA) is 86.8 Å². The molecule has 0 radical (unpaired) electrons. The Morgan fingerprint density at radius 2 is 1.69 bits per heavy atom. The van der Waals surface area contributed by atoms with E-state index >= 15 is 0 Å². The van der Waals surface area contributed by atoms with Gasteiger partial charge in [0.25, 0.3) is 0 Å². The van der Waals surface area contributed by atoms with Gasteiger partial charge in [-0.1, -0.05) is 47.1 Å². The fourth-order valence-corrected chi connectivity index (χ4v) is 5.13. The van der Waals surface area contributed by atoms with E-state index in [1.807, 2.05) is 57.2 Å². The van der Waals surface area contributed by atoms with Gasteiger partial charge in [0.05, 0.1) is 11.9 Å². The van der Waals surface area contributed by atoms with Crippen molar-refractivity contribution >= 4 is 43.5 Å². The van der Waals surface area contributed by atoms with Gasteiger partial charge in [-0.15, -0.1) is 0 Å². The molecule has 2 aromatic carbocycles. The molecule has 2 amide bonds. The molecule has 192 valence electrons. The van der Waals surface area contributed by atoms with Crippen LogP contribution < -0.4 is 9.62 Å². The highest BCUT2D eigenvalue weighted by atomic mass is 79.9. The maximum absolute atomic E-state index is 13.3. The maximum atomic E-state index is 13.3. The standard InChI is InChI=1S/C26H36BrN3O4S/c1-6-21-12-14-24(15-13-21)30(35(5,33)34)16-8-11-25(31)29(20(4)26(32)28-19(2)3)18-22-9-7-10-23(27)17-22/h7,9-10,12-15,17,19-20H,6,8,11,16,18H2,1-5H3,(H,28,32)/t20-/m1/s1. The summed E-state index contributed by atoms with van der Waals surface area (Å²) in [7, 11) is -3.51. The van der Waals surface area contributed by atoms with E-state index in [0.717, 1.165) is 22.0 Å². The summed E-state index contributed by atoms with van der Waals surface area (Å²) in [6, 6.07) is 14.3. The number of carbonyl (C=O) groups is 2. The Morgan fingerprint density at radius 1 is 1.03 bits per heavy atom. The van der Waals surface area contributed by atoms with Gasteiger partial charge in [-0.3, -0.25) is 13.9 Å². The highest BCUT2D eigenvalue weighted by Gasteiger charge is 2.27. The molecule has 0 saturated carbocycles. The van der Waals surface area contributed by atoms with E-state index in [1.165, 1.54) is 10.6 Å². The molecule has 35 heavy (non-hydrogen) atoms. The highest BCUT2D eigenvalue weighted by molar-refractivity contribution is 9.10. The molecule has 0 heterocycles. The number of rotatable bonds is 12. The van der Waals surface area contributed by atoms with Crippen LogP contribution in [0.3, 0.4) is 0 Å². The number of hydrogen-bond donors (Lipinski definition) is 1. The third kappa shape index (κ3) is 8.96. The van der Waals surface area contributed by atoms with Crippen molar-refractivity contribution in [3.8, 4) is 0 Å². The van der Waals surface area contributed by atoms with Crippen LogP contribution in [0.5, 0.6) is 0 Å². The Hall–Kier alpha value is -2.39. The van der Waals surface area contributed by atoms with Crippen molar-refractivity contribution in [2.45, 2.75) is 65.6 Å². The SMILES string of the molecule is CCc1ccc(N(CCCC(=O)N(Cc2cccc(Br)c2)[C@H](C)C(=O)NC(C)C)S(C)(=O)=O)cc1. The van der Waals surface area contributed by atoms with Crippen LogP contribution in [0.1, 0.15) is 51.7 Å². The molecule has 7 nitrogen and oxygen atoms in total. The van der Waals surface area contributed by atoms with Crippen molar-refractivity contribution in [3.05, 3.63) is 64.1 Å². The second kappa shape index (κ2) is 13.1. The Labute approximate surface area is 218 Å². The van der Waals surface area contributed by atoms with E-state index in [4.69, 9.17) is 0 Å². The van der Waals surface area contributed by atoms with Crippen LogP contribution in [-0.4, -0.2) is 50.0 Å². The third-order valence-electron chi connectivity index (χ3n) is 5.62. The van der Waals surface area contributed by atoms with E-state index in [1.54, 1.807) is 24.0 Å². The van der Waals surface area contributed by atoms with Gasteiger partial charge in [0, 0.05) is 30.0 Å². The molecule has 0 unspecified atom stereocenters. The van der Waals surface area contributed by atoms with Gasteiger partial charge in [-0.05, 0) is 69.0 Å². The molecule has 0 bridgehead atoms. The zero-order chi connectivity index (χ0) is 26.2. The van der Waals surface area contributed by atoms with Crippen molar-refractivity contribution in [1.29, 1.82) is 0 Å². The lowest BCUT2D eigenvalue weighted by atomic mass is 10.1. The summed E-state index contributed by atoms with van der Waals surface area (Å²) in [4.78, 5) is 27.5. The molecule has 0 fully saturated rings. The minimum Gasteiger partial charge on any atom is -0.352 e. The number of carbonyl (C=O) groups excluding carboxylic acids is 2. The number of amides is 2. The lowest BCUT2D eigenvalue weighted by molar-refractivity contribution is -0.140. The van der Waals surface area contributed by atoms with E-state index in [-0.39, 0.29) is 37.4 Å². The van der Waals surface area contributed by atoms with Gasteiger partial charge >= 0.3 is 0 Å². The van der Waals surface area contributed by atoms with Crippen LogP contribution in [-0.2, 0) is 32.6 Å². The lowest BCUT2D eigenvalue weighted by Gasteiger charge is -2.30. The fourth-order valence-electron chi connectivity index (χ4n) is 3.72. The van der Waals surface area contributed by atoms with Crippen LogP contribution >= 0.6 is 15.9 Å². The summed E-state index contributed by atoms with van der Waals surface area (Å²) < 4.78 is 27.1. The molecule has 0 aliphatic carbocycles. The van der Waals surface area contributed by atoms with Gasteiger partial charge < -0.3 is 10.2 Å². The molecular weight excluding hydrogens is 530 g/mol. The van der Waals surface area contributed by atoms with E-state index in [9.17, 15) is 18.0 Å². The minimum atomic E-state index is -3.51. The third-order valence-corrected chi connectivity index (χ3v) is 7.31. The molecular formula is C26H36BrN3O4S. The average molecular weight is 567 g/mol. The van der Waals surface area contributed by atoms with Crippen LogP contribution in [0.4, 0.5) is 5.69 Å². The Kier molecular flexibility index (Phi) is 10.8. The van der Waals surface area contributed by atoms with Crippen molar-refractivity contribution in [3.63, 3.8) is 0 Å². The van der Waals surface area contributed by atoms with E-state index in [0.29, 0.717) is 12.1 Å². The number of sulfonamides is 1. The first kappa shape index (κ1) is 28.8. The van der Waals surface area contributed by atoms with Crippen LogP contribution in [0.25, 0.3) is 0 Å². The summed E-state index contributed by atoms with van der Waals surface area (Å²) in [5, 5.41) is 2.87. The zero-order valence-electron chi connectivity index (χ0n) is 21.1. The van der Waals surface area contributed by atoms with Crippen molar-refractivity contribution in [2.75, 3.05) is 17.1 Å². The Morgan fingerprint density at radius 3 is 2.23 bits per heavy atom. The second-order valence-corrected chi connectivity index (χ2v) is 11.8. The molecule has 1 N–H and O–H groups in total. The van der Waals surface area contributed by atoms with E-state index < -0.39 is 16.1 Å². The summed E-state index contributed by atoms with van der Waals surface area (Å²) in [5.74, 6) is -0.428. The smallest absolute Gasteiger partial charge is 0.242 e. The van der Waals surface area contributed by atoms with Gasteiger partial charge in [-0.2, -0.15) is 0 Å². The predicted molar refractivity (Wildman–Crippen MR) is 145 cm³/mol. The number of anilines is 1. The van der Waals surface area contributed by atoms with Gasteiger partial charge in [0.15, 0.2) is 0 Å². The summed E-state index contributed by atoms with van der Waals surface area (Å²) >= 11 is 3.45. The first-order valence-electron chi connectivity index (χ1n) is 11.8. The number of aryl methyl sites for hydroxylation is 1. The van der Waals surface area contributed by atoms with E-state index in [2.05, 4.69) is 21.2 Å². The van der Waals surface area contributed by atoms with Crippen molar-refractivity contribution in [2.24, 2.45) is 0 Å². The average Bonchev–Trinajstić information content (AvgIpc) is 2.78. The largest absolute Gasteiger partial charge is 0.352 e. The molecule has 9 heteroatoms. The van der Waals surface area contributed by atoms with Crippen molar-refractivity contribution in [1.82, 2.24) is 10.2 Å². The number of hydrogen-bond acceptors (Lipinski definition) is 4. The molecule has 1 atom stereocenters. The summed E-state index contributed by atoms with van der Waals surface area (Å²) in [6.45, 7) is 7.95. The maximum Gasteiger partial charge on any atom is 0.242 e. The minimum absolute atomic E-state index is 0.0461. The molecule has 0 aliphatic rings. The number of benzene rings is 2. The molecule has 2 rings (SSSR count). The Bertz CT molecular complexity index is 1100. The quantitative estimate of drug-likeness (QED) is 0.410. The zero-order valence-corrected chi connectivity index (χ0v) is 23.5. The number of nitrogens with one attached hydrogen (secondary N) is 1. The van der Waals surface area contributed by atoms with Crippen molar-refractivity contribution < 1.29 is 18.0 Å². The van der Waals surface area contributed by atoms with Gasteiger partial charge in [0.2, 0.25) is 21.8 Å². The lowest BCUT2D eigenvalue weighted by Crippen LogP contribution is -2.49. The van der Waals surface area contributed by atoms with Crippen LogP contribution in [0.2, 0.25) is 0 Å². The molecule has 2 aromatic rings. The monoisotopic (exact) mass is 565 g/mol. The number of halogens is 1. The molecule has 0 aromatic heterocycles.